The van der Waals surface area contributed by atoms with Crippen LogP contribution in [0.1, 0.15) is 12.8 Å². The Morgan fingerprint density at radius 2 is 2.44 bits per heavy atom. The molecule has 3 nitrogen and oxygen atoms in total. The SMILES string of the molecule is NCC1(O)CCC[N]C1. The van der Waals surface area contributed by atoms with Crippen LogP contribution in [0.15, 0.2) is 0 Å². The molecule has 1 heterocycles. The van der Waals surface area contributed by atoms with Gasteiger partial charge < -0.3 is 10.8 Å². The second kappa shape index (κ2) is 2.64. The molecule has 1 rings (SSSR count). The molecule has 0 amide bonds. The minimum absolute atomic E-state index is 0.344. The molecule has 1 atom stereocenters. The van der Waals surface area contributed by atoms with Crippen molar-refractivity contribution >= 4 is 0 Å². The second-order valence-corrected chi connectivity index (χ2v) is 2.64. The summed E-state index contributed by atoms with van der Waals surface area (Å²) in [5.74, 6) is 0. The van der Waals surface area contributed by atoms with Crippen LogP contribution in [0.25, 0.3) is 0 Å². The molecule has 0 aliphatic carbocycles. The second-order valence-electron chi connectivity index (χ2n) is 2.64. The van der Waals surface area contributed by atoms with Gasteiger partial charge in [0.2, 0.25) is 0 Å². The molecule has 0 bridgehead atoms. The van der Waals surface area contributed by atoms with Crippen molar-refractivity contribution in [1.82, 2.24) is 5.32 Å². The van der Waals surface area contributed by atoms with E-state index in [0.29, 0.717) is 13.1 Å². The van der Waals surface area contributed by atoms with Crippen LogP contribution in [0.5, 0.6) is 0 Å². The van der Waals surface area contributed by atoms with Crippen LogP contribution in [0, 0.1) is 0 Å². The molecule has 0 spiro atoms. The number of hydrogen-bond donors (Lipinski definition) is 2. The van der Waals surface area contributed by atoms with Crippen LogP contribution < -0.4 is 11.1 Å². The number of aliphatic hydroxyl groups is 1. The fourth-order valence-corrected chi connectivity index (χ4v) is 1.05. The maximum absolute atomic E-state index is 9.46. The van der Waals surface area contributed by atoms with Crippen molar-refractivity contribution in [2.45, 2.75) is 18.4 Å². The van der Waals surface area contributed by atoms with Crippen molar-refractivity contribution in [2.24, 2.45) is 5.73 Å². The third-order valence-electron chi connectivity index (χ3n) is 1.74. The molecule has 0 aromatic rings. The van der Waals surface area contributed by atoms with Gasteiger partial charge in [-0.15, -0.1) is 0 Å². The average Bonchev–Trinajstić information content (AvgIpc) is 1.90. The summed E-state index contributed by atoms with van der Waals surface area (Å²) in [6.07, 6.45) is 1.79. The number of hydrogen-bond acceptors (Lipinski definition) is 2. The molecule has 9 heavy (non-hydrogen) atoms. The Morgan fingerprint density at radius 1 is 1.67 bits per heavy atom. The molecule has 53 valence electrons. The molecule has 1 aliphatic heterocycles. The molecular weight excluding hydrogens is 116 g/mol. The van der Waals surface area contributed by atoms with Gasteiger partial charge in [-0.25, -0.2) is 5.32 Å². The van der Waals surface area contributed by atoms with E-state index < -0.39 is 5.60 Å². The molecule has 1 saturated heterocycles. The van der Waals surface area contributed by atoms with Gasteiger partial charge in [0.1, 0.15) is 0 Å². The monoisotopic (exact) mass is 129 g/mol. The summed E-state index contributed by atoms with van der Waals surface area (Å²) in [5, 5.41) is 13.5. The van der Waals surface area contributed by atoms with Crippen molar-refractivity contribution < 1.29 is 5.11 Å². The number of piperidine rings is 1. The molecule has 0 aromatic carbocycles. The molecule has 3 heteroatoms. The van der Waals surface area contributed by atoms with Gasteiger partial charge in [-0.1, -0.05) is 0 Å². The van der Waals surface area contributed by atoms with Crippen LogP contribution in [0.4, 0.5) is 0 Å². The van der Waals surface area contributed by atoms with E-state index in [0.717, 1.165) is 19.4 Å². The summed E-state index contributed by atoms with van der Waals surface area (Å²) in [5.41, 5.74) is 4.66. The highest BCUT2D eigenvalue weighted by Gasteiger charge is 2.27. The van der Waals surface area contributed by atoms with E-state index >= 15 is 0 Å². The summed E-state index contributed by atoms with van der Waals surface area (Å²) in [6, 6.07) is 0. The topological polar surface area (TPSA) is 60.4 Å². The minimum Gasteiger partial charge on any atom is -0.387 e. The highest BCUT2D eigenvalue weighted by atomic mass is 16.3. The molecule has 0 aromatic heterocycles. The maximum Gasteiger partial charge on any atom is 0.0910 e. The van der Waals surface area contributed by atoms with Crippen LogP contribution >= 0.6 is 0 Å². The zero-order valence-corrected chi connectivity index (χ0v) is 5.51. The van der Waals surface area contributed by atoms with E-state index in [2.05, 4.69) is 5.32 Å². The number of nitrogens with two attached hydrogens (primary N) is 1. The lowest BCUT2D eigenvalue weighted by Gasteiger charge is -2.29. The molecule has 1 unspecified atom stereocenters. The van der Waals surface area contributed by atoms with Gasteiger partial charge in [0.25, 0.3) is 0 Å². The molecular formula is C6H13N2O. The Morgan fingerprint density at radius 3 is 2.78 bits per heavy atom. The smallest absolute Gasteiger partial charge is 0.0910 e. The normalized spacial score (nSPS) is 36.7. The Bertz CT molecular complexity index is 89.1. The Labute approximate surface area is 55.2 Å². The molecule has 0 saturated carbocycles. The summed E-state index contributed by atoms with van der Waals surface area (Å²) in [4.78, 5) is 0. The first-order chi connectivity index (χ1) is 4.27. The van der Waals surface area contributed by atoms with Crippen LogP contribution in [-0.4, -0.2) is 30.3 Å². The summed E-state index contributed by atoms with van der Waals surface area (Å²) in [6.45, 7) is 1.77. The predicted molar refractivity (Wildman–Crippen MR) is 35.1 cm³/mol. The highest BCUT2D eigenvalue weighted by molar-refractivity contribution is 4.85. The minimum atomic E-state index is -0.668. The Kier molecular flexibility index (Phi) is 2.05. The Hall–Kier alpha value is -0.120. The first kappa shape index (κ1) is 6.99. The Balaban J connectivity index is 2.37. The zero-order chi connectivity index (χ0) is 6.74. The maximum atomic E-state index is 9.46. The average molecular weight is 129 g/mol. The van der Waals surface area contributed by atoms with Crippen LogP contribution in [-0.2, 0) is 0 Å². The lowest BCUT2D eigenvalue weighted by atomic mass is 9.95. The number of rotatable bonds is 1. The third-order valence-corrected chi connectivity index (χ3v) is 1.74. The van der Waals surface area contributed by atoms with Gasteiger partial charge in [-0.2, -0.15) is 0 Å². The molecule has 1 radical (unpaired) electrons. The quantitative estimate of drug-likeness (QED) is 0.480. The molecule has 1 fully saturated rings. The van der Waals surface area contributed by atoms with E-state index in [1.165, 1.54) is 0 Å². The van der Waals surface area contributed by atoms with Gasteiger partial charge in [0.05, 0.1) is 5.60 Å². The first-order valence-electron chi connectivity index (χ1n) is 3.32. The van der Waals surface area contributed by atoms with Gasteiger partial charge >= 0.3 is 0 Å². The summed E-state index contributed by atoms with van der Waals surface area (Å²) < 4.78 is 0. The largest absolute Gasteiger partial charge is 0.387 e. The van der Waals surface area contributed by atoms with E-state index in [1.54, 1.807) is 0 Å². The standard InChI is InChI=1S/C6H13N2O/c7-4-6(9)2-1-3-8-5-6/h9H,1-5,7H2. The fraction of sp³-hybridized carbons (Fsp3) is 1.00. The van der Waals surface area contributed by atoms with E-state index in [9.17, 15) is 5.11 Å². The van der Waals surface area contributed by atoms with Crippen molar-refractivity contribution in [1.29, 1.82) is 0 Å². The third kappa shape index (κ3) is 1.64. The highest BCUT2D eigenvalue weighted by Crippen LogP contribution is 2.13. The van der Waals surface area contributed by atoms with Crippen molar-refractivity contribution in [3.8, 4) is 0 Å². The van der Waals surface area contributed by atoms with E-state index in [4.69, 9.17) is 5.73 Å². The number of nitrogens with zero attached hydrogens (tertiary/aromatic N) is 1. The van der Waals surface area contributed by atoms with Gasteiger partial charge in [0, 0.05) is 19.6 Å². The summed E-state index contributed by atoms with van der Waals surface area (Å²) in [7, 11) is 0. The fourth-order valence-electron chi connectivity index (χ4n) is 1.05. The van der Waals surface area contributed by atoms with Crippen molar-refractivity contribution in [2.75, 3.05) is 19.6 Å². The lowest BCUT2D eigenvalue weighted by Crippen LogP contribution is -2.48. The van der Waals surface area contributed by atoms with Gasteiger partial charge in [-0.05, 0) is 12.8 Å². The van der Waals surface area contributed by atoms with Crippen LogP contribution in [0.2, 0.25) is 0 Å². The van der Waals surface area contributed by atoms with Crippen molar-refractivity contribution in [3.05, 3.63) is 0 Å². The van der Waals surface area contributed by atoms with Crippen molar-refractivity contribution in [3.63, 3.8) is 0 Å². The summed E-state index contributed by atoms with van der Waals surface area (Å²) >= 11 is 0. The van der Waals surface area contributed by atoms with Gasteiger partial charge in [-0.3, -0.25) is 0 Å². The molecule has 3 N–H and O–H groups in total. The first-order valence-corrected chi connectivity index (χ1v) is 3.32. The zero-order valence-electron chi connectivity index (χ0n) is 5.51. The van der Waals surface area contributed by atoms with E-state index in [-0.39, 0.29) is 0 Å². The lowest BCUT2D eigenvalue weighted by molar-refractivity contribution is 0.0239. The van der Waals surface area contributed by atoms with Crippen LogP contribution in [0.3, 0.4) is 0 Å². The molecule has 1 aliphatic rings. The predicted octanol–water partition coefficient (Wildman–Crippen LogP) is -0.926. The van der Waals surface area contributed by atoms with E-state index in [1.807, 2.05) is 0 Å². The van der Waals surface area contributed by atoms with Gasteiger partial charge in [0.15, 0.2) is 0 Å².